The van der Waals surface area contributed by atoms with Crippen LogP contribution in [0.2, 0.25) is 5.02 Å². The Morgan fingerprint density at radius 1 is 0.938 bits per heavy atom. The number of hydrogen-bond acceptors (Lipinski definition) is 4. The van der Waals surface area contributed by atoms with Crippen molar-refractivity contribution in [3.8, 4) is 17.1 Å². The molecule has 0 bridgehead atoms. The van der Waals surface area contributed by atoms with Gasteiger partial charge in [0, 0.05) is 16.7 Å². The summed E-state index contributed by atoms with van der Waals surface area (Å²) in [5, 5.41) is 1.00. The van der Waals surface area contributed by atoms with Gasteiger partial charge in [-0.1, -0.05) is 59.6 Å². The molecule has 5 heteroatoms. The van der Waals surface area contributed by atoms with Crippen molar-refractivity contribution in [2.75, 3.05) is 0 Å². The molecule has 0 aliphatic rings. The van der Waals surface area contributed by atoms with Crippen LogP contribution in [0.15, 0.2) is 76.0 Å². The highest BCUT2D eigenvalue weighted by Crippen LogP contribution is 2.32. The Kier molecular flexibility index (Phi) is 5.97. The minimum absolute atomic E-state index is 0.126. The molecule has 160 valence electrons. The number of benzene rings is 3. The minimum Gasteiger partial charge on any atom is -0.452 e. The van der Waals surface area contributed by atoms with Crippen LogP contribution in [0.3, 0.4) is 0 Å². The van der Waals surface area contributed by atoms with Crippen LogP contribution in [-0.2, 0) is 4.79 Å². The summed E-state index contributed by atoms with van der Waals surface area (Å²) < 4.78 is 11.7. The summed E-state index contributed by atoms with van der Waals surface area (Å²) in [6, 6.07) is 18.2. The lowest BCUT2D eigenvalue weighted by Crippen LogP contribution is -2.15. The first kappa shape index (κ1) is 21.6. The van der Waals surface area contributed by atoms with Gasteiger partial charge in [0.05, 0.1) is 5.39 Å². The first-order chi connectivity index (χ1) is 15.3. The van der Waals surface area contributed by atoms with Gasteiger partial charge in [-0.15, -0.1) is 0 Å². The topological polar surface area (TPSA) is 56.5 Å². The first-order valence-electron chi connectivity index (χ1n) is 10.1. The van der Waals surface area contributed by atoms with E-state index < -0.39 is 5.97 Å². The summed E-state index contributed by atoms with van der Waals surface area (Å²) in [6.07, 6.45) is 2.87. The predicted molar refractivity (Wildman–Crippen MR) is 128 cm³/mol. The second-order valence-corrected chi connectivity index (χ2v) is 8.15. The average molecular weight is 445 g/mol. The molecule has 0 amide bonds. The maximum absolute atomic E-state index is 13.4. The molecule has 4 aromatic rings. The number of ether oxygens (including phenoxy) is 1. The quantitative estimate of drug-likeness (QED) is 0.261. The third-order valence-corrected chi connectivity index (χ3v) is 5.35. The van der Waals surface area contributed by atoms with Gasteiger partial charge in [0.2, 0.25) is 11.2 Å². The van der Waals surface area contributed by atoms with Crippen LogP contribution in [0.5, 0.6) is 5.75 Å². The molecule has 0 radical (unpaired) electrons. The number of aryl methyl sites for hydroxylation is 3. The molecule has 0 unspecified atom stereocenters. The zero-order valence-electron chi connectivity index (χ0n) is 17.9. The van der Waals surface area contributed by atoms with Gasteiger partial charge < -0.3 is 9.15 Å². The van der Waals surface area contributed by atoms with E-state index in [4.69, 9.17) is 20.8 Å². The summed E-state index contributed by atoms with van der Waals surface area (Å²) in [7, 11) is 0. The molecule has 0 atom stereocenters. The smallest absolute Gasteiger partial charge is 0.336 e. The summed E-state index contributed by atoms with van der Waals surface area (Å²) in [4.78, 5) is 26.0. The molecule has 0 N–H and O–H groups in total. The van der Waals surface area contributed by atoms with Gasteiger partial charge in [0.25, 0.3) is 0 Å². The Morgan fingerprint density at radius 3 is 2.31 bits per heavy atom. The average Bonchev–Trinajstić information content (AvgIpc) is 2.75. The minimum atomic E-state index is -0.676. The van der Waals surface area contributed by atoms with E-state index in [1.54, 1.807) is 30.3 Å². The normalized spacial score (nSPS) is 11.2. The monoisotopic (exact) mass is 444 g/mol. The van der Waals surface area contributed by atoms with Crippen LogP contribution in [0, 0.1) is 20.8 Å². The Labute approximate surface area is 190 Å². The zero-order chi connectivity index (χ0) is 22.8. The van der Waals surface area contributed by atoms with Gasteiger partial charge in [-0.2, -0.15) is 0 Å². The van der Waals surface area contributed by atoms with Crippen molar-refractivity contribution in [1.82, 2.24) is 0 Å². The van der Waals surface area contributed by atoms with Crippen LogP contribution in [0.4, 0.5) is 0 Å². The van der Waals surface area contributed by atoms with Crippen LogP contribution in [0.1, 0.15) is 22.3 Å². The fourth-order valence-electron chi connectivity index (χ4n) is 3.53. The molecule has 0 fully saturated rings. The molecule has 1 aromatic heterocycles. The van der Waals surface area contributed by atoms with E-state index in [1.807, 2.05) is 57.2 Å². The van der Waals surface area contributed by atoms with E-state index in [0.717, 1.165) is 22.3 Å². The zero-order valence-corrected chi connectivity index (χ0v) is 18.7. The molecule has 0 aliphatic carbocycles. The van der Waals surface area contributed by atoms with Crippen molar-refractivity contribution in [2.45, 2.75) is 20.8 Å². The lowest BCUT2D eigenvalue weighted by atomic mass is 10.0. The fourth-order valence-corrected chi connectivity index (χ4v) is 3.66. The Bertz CT molecular complexity index is 1400. The molecule has 4 nitrogen and oxygen atoms in total. The van der Waals surface area contributed by atoms with Crippen molar-refractivity contribution >= 4 is 34.6 Å². The van der Waals surface area contributed by atoms with Gasteiger partial charge in [-0.3, -0.25) is 4.79 Å². The van der Waals surface area contributed by atoms with Crippen molar-refractivity contribution in [2.24, 2.45) is 0 Å². The third kappa shape index (κ3) is 4.51. The Morgan fingerprint density at radius 2 is 1.62 bits per heavy atom. The maximum atomic E-state index is 13.4. The number of esters is 1. The second kappa shape index (κ2) is 8.85. The molecule has 0 spiro atoms. The van der Waals surface area contributed by atoms with Gasteiger partial charge in [0.1, 0.15) is 5.58 Å². The molecule has 3 aromatic carbocycles. The molecule has 0 aliphatic heterocycles. The summed E-state index contributed by atoms with van der Waals surface area (Å²) >= 11 is 5.89. The van der Waals surface area contributed by atoms with E-state index in [-0.39, 0.29) is 16.9 Å². The van der Waals surface area contributed by atoms with E-state index in [9.17, 15) is 9.59 Å². The van der Waals surface area contributed by atoms with Crippen LogP contribution in [0.25, 0.3) is 28.4 Å². The van der Waals surface area contributed by atoms with E-state index in [0.29, 0.717) is 21.6 Å². The lowest BCUT2D eigenvalue weighted by molar-refractivity contribution is -0.129. The van der Waals surface area contributed by atoms with Crippen LogP contribution >= 0.6 is 11.6 Å². The molecule has 0 saturated carbocycles. The third-order valence-electron chi connectivity index (χ3n) is 5.09. The van der Waals surface area contributed by atoms with E-state index >= 15 is 0 Å². The number of carbonyl (C=O) groups excluding carboxylic acids is 1. The number of carbonyl (C=O) groups is 1. The van der Waals surface area contributed by atoms with E-state index in [2.05, 4.69) is 0 Å². The van der Waals surface area contributed by atoms with Gasteiger partial charge in [-0.25, -0.2) is 4.79 Å². The Hall–Kier alpha value is -3.63. The summed E-state index contributed by atoms with van der Waals surface area (Å²) in [5.74, 6) is -0.579. The number of rotatable bonds is 4. The largest absolute Gasteiger partial charge is 0.452 e. The van der Waals surface area contributed by atoms with Gasteiger partial charge in [-0.05, 0) is 61.7 Å². The first-order valence-corrected chi connectivity index (χ1v) is 10.5. The molecule has 4 rings (SSSR count). The number of fused-ring (bicyclic) bond motifs is 1. The molecular weight excluding hydrogens is 424 g/mol. The summed E-state index contributed by atoms with van der Waals surface area (Å²) in [6.45, 7) is 5.74. The Balaban J connectivity index is 1.80. The second-order valence-electron chi connectivity index (χ2n) is 7.72. The fraction of sp³-hybridized carbons (Fsp3) is 0.111. The van der Waals surface area contributed by atoms with Gasteiger partial charge >= 0.3 is 5.97 Å². The highest BCUT2D eigenvalue weighted by atomic mass is 35.5. The molecule has 32 heavy (non-hydrogen) atoms. The molecule has 1 heterocycles. The predicted octanol–water partition coefficient (Wildman–Crippen LogP) is 6.66. The lowest BCUT2D eigenvalue weighted by Gasteiger charge is -2.11. The highest BCUT2D eigenvalue weighted by Gasteiger charge is 2.21. The highest BCUT2D eigenvalue weighted by molar-refractivity contribution is 6.30. The van der Waals surface area contributed by atoms with Crippen molar-refractivity contribution < 1.29 is 13.9 Å². The van der Waals surface area contributed by atoms with Crippen molar-refractivity contribution in [3.05, 3.63) is 104 Å². The summed E-state index contributed by atoms with van der Waals surface area (Å²) in [5.41, 5.74) is 4.31. The maximum Gasteiger partial charge on any atom is 0.336 e. The molecular formula is C27H21ClO4. The van der Waals surface area contributed by atoms with Crippen molar-refractivity contribution in [1.29, 1.82) is 0 Å². The number of hydrogen-bond donors (Lipinski definition) is 0. The SMILES string of the molecule is Cc1ccc(-c2oc3cc(C)cc(C)c3c(=O)c2OC(=O)/C=C/c2ccc(Cl)cc2)cc1. The van der Waals surface area contributed by atoms with E-state index in [1.165, 1.54) is 6.08 Å². The van der Waals surface area contributed by atoms with Crippen molar-refractivity contribution in [3.63, 3.8) is 0 Å². The van der Waals surface area contributed by atoms with Crippen LogP contribution in [-0.4, -0.2) is 5.97 Å². The van der Waals surface area contributed by atoms with Crippen LogP contribution < -0.4 is 10.2 Å². The standard InChI is InChI=1S/C27H21ClO4/c1-16-4-9-20(10-5-16)26-27(25(30)24-18(3)14-17(2)15-22(24)31-26)32-23(29)13-8-19-6-11-21(28)12-7-19/h4-15H,1-3H3/b13-8+. The van der Waals surface area contributed by atoms with Gasteiger partial charge in [0.15, 0.2) is 5.76 Å². The molecule has 0 saturated heterocycles. The number of halogens is 1.